The van der Waals surface area contributed by atoms with Gasteiger partial charge in [-0.05, 0) is 59.4 Å². The highest BCUT2D eigenvalue weighted by Crippen LogP contribution is 2.30. The van der Waals surface area contributed by atoms with Crippen LogP contribution in [-0.2, 0) is 11.3 Å². The average Bonchev–Trinajstić information content (AvgIpc) is 3.66. The van der Waals surface area contributed by atoms with Gasteiger partial charge in [0.1, 0.15) is 12.1 Å². The molecule has 3 aromatic carbocycles. The molecular formula is C27H24N4O. The number of aromatic nitrogens is 2. The fourth-order valence-electron chi connectivity index (χ4n) is 3.62. The fraction of sp³-hybridized carbons (Fsp3) is 0.148. The summed E-state index contributed by atoms with van der Waals surface area (Å²) >= 11 is 0. The molecule has 1 heterocycles. The van der Waals surface area contributed by atoms with Gasteiger partial charge in [-0.2, -0.15) is 0 Å². The molecule has 1 aliphatic carbocycles. The standard InChI is InChI=1S/C27H24N4O/c32-26(14-9-19-5-2-1-3-6-19)28-17-20-7-4-8-21(15-20)22-10-13-25-24(16-22)27(30-18-29-25)31-23-11-12-23/h1-10,13-16,18,23H,11-12,17H2,(H,28,32)(H,29,30,31)/b14-9+. The van der Waals surface area contributed by atoms with Crippen molar-refractivity contribution < 1.29 is 4.79 Å². The van der Waals surface area contributed by atoms with Gasteiger partial charge < -0.3 is 10.6 Å². The number of carbonyl (C=O) groups is 1. The van der Waals surface area contributed by atoms with Crippen molar-refractivity contribution in [3.63, 3.8) is 0 Å². The Morgan fingerprint density at radius 3 is 2.62 bits per heavy atom. The highest BCUT2D eigenvalue weighted by Gasteiger charge is 2.22. The number of nitrogens with one attached hydrogen (secondary N) is 2. The summed E-state index contributed by atoms with van der Waals surface area (Å²) in [6.07, 6.45) is 7.38. The first-order valence-corrected chi connectivity index (χ1v) is 10.9. The molecule has 0 unspecified atom stereocenters. The van der Waals surface area contributed by atoms with Gasteiger partial charge in [-0.3, -0.25) is 4.79 Å². The van der Waals surface area contributed by atoms with Crippen molar-refractivity contribution in [2.45, 2.75) is 25.4 Å². The number of benzene rings is 3. The van der Waals surface area contributed by atoms with E-state index < -0.39 is 0 Å². The predicted molar refractivity (Wildman–Crippen MR) is 129 cm³/mol. The van der Waals surface area contributed by atoms with Crippen molar-refractivity contribution in [3.8, 4) is 11.1 Å². The van der Waals surface area contributed by atoms with E-state index in [1.165, 1.54) is 12.8 Å². The minimum absolute atomic E-state index is 0.113. The van der Waals surface area contributed by atoms with Crippen molar-refractivity contribution in [3.05, 3.63) is 96.3 Å². The Bertz CT molecular complexity index is 1280. The van der Waals surface area contributed by atoms with Gasteiger partial charge in [0.15, 0.2) is 0 Å². The number of hydrogen-bond acceptors (Lipinski definition) is 4. The summed E-state index contributed by atoms with van der Waals surface area (Å²) in [6.45, 7) is 0.469. The minimum Gasteiger partial charge on any atom is -0.367 e. The van der Waals surface area contributed by atoms with Crippen molar-refractivity contribution in [2.75, 3.05) is 5.32 Å². The second-order valence-corrected chi connectivity index (χ2v) is 8.04. The zero-order valence-corrected chi connectivity index (χ0v) is 17.7. The summed E-state index contributed by atoms with van der Waals surface area (Å²) in [5, 5.41) is 7.49. The van der Waals surface area contributed by atoms with E-state index in [9.17, 15) is 4.79 Å². The quantitative estimate of drug-likeness (QED) is 0.403. The molecule has 2 N–H and O–H groups in total. The highest BCUT2D eigenvalue weighted by molar-refractivity contribution is 5.93. The number of amides is 1. The van der Waals surface area contributed by atoms with Crippen LogP contribution >= 0.6 is 0 Å². The molecule has 0 radical (unpaired) electrons. The molecule has 0 aliphatic heterocycles. The van der Waals surface area contributed by atoms with Crippen LogP contribution in [0.25, 0.3) is 28.1 Å². The van der Waals surface area contributed by atoms with E-state index in [2.05, 4.69) is 44.9 Å². The van der Waals surface area contributed by atoms with Crippen molar-refractivity contribution in [1.82, 2.24) is 15.3 Å². The molecule has 1 aromatic heterocycles. The van der Waals surface area contributed by atoms with E-state index in [0.29, 0.717) is 12.6 Å². The third kappa shape index (κ3) is 4.83. The molecule has 0 spiro atoms. The van der Waals surface area contributed by atoms with Crippen LogP contribution in [0.1, 0.15) is 24.0 Å². The lowest BCUT2D eigenvalue weighted by Gasteiger charge is -2.10. The number of fused-ring (bicyclic) bond motifs is 1. The Labute approximate surface area is 187 Å². The van der Waals surface area contributed by atoms with Gasteiger partial charge in [-0.1, -0.05) is 54.6 Å². The summed E-state index contributed by atoms with van der Waals surface area (Å²) in [4.78, 5) is 21.1. The number of nitrogens with zero attached hydrogens (tertiary/aromatic N) is 2. The summed E-state index contributed by atoms with van der Waals surface area (Å²) in [5.74, 6) is 0.783. The van der Waals surface area contributed by atoms with Crippen molar-refractivity contribution in [1.29, 1.82) is 0 Å². The molecule has 1 saturated carbocycles. The number of rotatable bonds is 7. The molecule has 158 valence electrons. The number of hydrogen-bond donors (Lipinski definition) is 2. The number of carbonyl (C=O) groups excluding carboxylic acids is 1. The van der Waals surface area contributed by atoms with Gasteiger partial charge in [0.05, 0.1) is 5.52 Å². The van der Waals surface area contributed by atoms with E-state index in [-0.39, 0.29) is 5.91 Å². The topological polar surface area (TPSA) is 66.9 Å². The molecule has 0 bridgehead atoms. The molecule has 5 nitrogen and oxygen atoms in total. The average molecular weight is 421 g/mol. The fourth-order valence-corrected chi connectivity index (χ4v) is 3.62. The highest BCUT2D eigenvalue weighted by atomic mass is 16.1. The van der Waals surface area contributed by atoms with E-state index in [4.69, 9.17) is 0 Å². The van der Waals surface area contributed by atoms with Gasteiger partial charge in [0.2, 0.25) is 5.91 Å². The van der Waals surface area contributed by atoms with Gasteiger partial charge in [-0.15, -0.1) is 0 Å². The Balaban J connectivity index is 1.31. The van der Waals surface area contributed by atoms with Crippen LogP contribution < -0.4 is 10.6 Å². The lowest BCUT2D eigenvalue weighted by molar-refractivity contribution is -0.116. The van der Waals surface area contributed by atoms with Crippen LogP contribution in [0.5, 0.6) is 0 Å². The van der Waals surface area contributed by atoms with E-state index in [1.807, 2.05) is 54.6 Å². The Morgan fingerprint density at radius 1 is 0.938 bits per heavy atom. The lowest BCUT2D eigenvalue weighted by Crippen LogP contribution is -2.20. The maximum Gasteiger partial charge on any atom is 0.244 e. The first kappa shape index (κ1) is 19.9. The zero-order valence-electron chi connectivity index (χ0n) is 17.7. The molecule has 0 saturated heterocycles. The van der Waals surface area contributed by atoms with Crippen LogP contribution in [0.4, 0.5) is 5.82 Å². The van der Waals surface area contributed by atoms with Gasteiger partial charge in [0, 0.05) is 24.0 Å². The van der Waals surface area contributed by atoms with Gasteiger partial charge >= 0.3 is 0 Å². The Hall–Kier alpha value is -3.99. The first-order valence-electron chi connectivity index (χ1n) is 10.9. The van der Waals surface area contributed by atoms with Crippen LogP contribution in [0.2, 0.25) is 0 Å². The molecule has 5 rings (SSSR count). The van der Waals surface area contributed by atoms with Crippen LogP contribution in [0.3, 0.4) is 0 Å². The van der Waals surface area contributed by atoms with Gasteiger partial charge in [-0.25, -0.2) is 9.97 Å². The maximum atomic E-state index is 12.2. The molecular weight excluding hydrogens is 396 g/mol. The number of anilines is 1. The van der Waals surface area contributed by atoms with Crippen LogP contribution in [0, 0.1) is 0 Å². The summed E-state index contributed by atoms with van der Waals surface area (Å²) < 4.78 is 0. The third-order valence-electron chi connectivity index (χ3n) is 5.51. The third-order valence-corrected chi connectivity index (χ3v) is 5.51. The second kappa shape index (κ2) is 9.02. The molecule has 4 aromatic rings. The summed E-state index contributed by atoms with van der Waals surface area (Å²) in [6, 6.07) is 24.8. The molecule has 1 aliphatic rings. The molecule has 1 fully saturated rings. The van der Waals surface area contributed by atoms with Crippen molar-refractivity contribution in [2.24, 2.45) is 0 Å². The van der Waals surface area contributed by atoms with Crippen LogP contribution in [-0.4, -0.2) is 21.9 Å². The maximum absolute atomic E-state index is 12.2. The molecule has 32 heavy (non-hydrogen) atoms. The van der Waals surface area contributed by atoms with Gasteiger partial charge in [0.25, 0.3) is 0 Å². The first-order chi connectivity index (χ1) is 15.7. The Kier molecular flexibility index (Phi) is 5.62. The normalized spacial score (nSPS) is 13.4. The van der Waals surface area contributed by atoms with Crippen LogP contribution in [0.15, 0.2) is 85.2 Å². The predicted octanol–water partition coefficient (Wildman–Crippen LogP) is 5.20. The molecule has 1 amide bonds. The van der Waals surface area contributed by atoms with E-state index in [0.717, 1.165) is 39.0 Å². The smallest absolute Gasteiger partial charge is 0.244 e. The second-order valence-electron chi connectivity index (χ2n) is 8.04. The monoisotopic (exact) mass is 420 g/mol. The largest absolute Gasteiger partial charge is 0.367 e. The SMILES string of the molecule is O=C(/C=C/c1ccccc1)NCc1cccc(-c2ccc3ncnc(NC4CC4)c3c2)c1. The minimum atomic E-state index is -0.113. The molecule has 5 heteroatoms. The molecule has 0 atom stereocenters. The summed E-state index contributed by atoms with van der Waals surface area (Å²) in [7, 11) is 0. The van der Waals surface area contributed by atoms with Crippen molar-refractivity contribution >= 4 is 28.7 Å². The summed E-state index contributed by atoms with van der Waals surface area (Å²) in [5.41, 5.74) is 5.17. The zero-order chi connectivity index (χ0) is 21.8. The Morgan fingerprint density at radius 2 is 1.78 bits per heavy atom. The van der Waals surface area contributed by atoms with E-state index in [1.54, 1.807) is 12.4 Å². The van der Waals surface area contributed by atoms with E-state index >= 15 is 0 Å². The lowest BCUT2D eigenvalue weighted by atomic mass is 10.0.